The molecule has 100 valence electrons. The van der Waals surface area contributed by atoms with Crippen LogP contribution in [0.1, 0.15) is 32.6 Å². The minimum atomic E-state index is -0.225. The first-order valence-electron chi connectivity index (χ1n) is 6.57. The minimum Gasteiger partial charge on any atom is -0.481 e. The summed E-state index contributed by atoms with van der Waals surface area (Å²) >= 11 is 0. The number of nitrogens with one attached hydrogen (secondary N) is 1. The Balaban J connectivity index is 2.13. The normalized spacial score (nSPS) is 27.8. The monoisotopic (exact) mass is 250 g/mol. The second-order valence-corrected chi connectivity index (χ2v) is 5.33. The number of nitrogens with zero attached hydrogens (tertiary/aromatic N) is 1. The van der Waals surface area contributed by atoms with Crippen LogP contribution in [0, 0.1) is 5.92 Å². The van der Waals surface area contributed by atoms with Gasteiger partial charge in [-0.1, -0.05) is 25.8 Å². The van der Waals surface area contributed by atoms with Gasteiger partial charge in [-0.3, -0.25) is 0 Å². The molecule has 1 aromatic rings. The van der Waals surface area contributed by atoms with Crippen LogP contribution in [0.3, 0.4) is 0 Å². The molecule has 0 aliphatic heterocycles. The van der Waals surface area contributed by atoms with E-state index in [0.717, 1.165) is 25.1 Å². The molecule has 1 aliphatic carbocycles. The molecule has 0 spiro atoms. The lowest BCUT2D eigenvalue weighted by atomic mass is 9.77. The highest BCUT2D eigenvalue weighted by Crippen LogP contribution is 2.34. The van der Waals surface area contributed by atoms with Crippen molar-refractivity contribution in [1.82, 2.24) is 4.98 Å². The number of rotatable bonds is 4. The van der Waals surface area contributed by atoms with E-state index in [1.165, 1.54) is 6.42 Å². The van der Waals surface area contributed by atoms with E-state index in [4.69, 9.17) is 4.74 Å². The van der Waals surface area contributed by atoms with Gasteiger partial charge in [0.2, 0.25) is 5.88 Å². The van der Waals surface area contributed by atoms with Gasteiger partial charge in [0.05, 0.1) is 19.3 Å². The number of pyridine rings is 1. The zero-order chi connectivity index (χ0) is 13.0. The van der Waals surface area contributed by atoms with Gasteiger partial charge in [-0.25, -0.2) is 0 Å². The second-order valence-electron chi connectivity index (χ2n) is 5.33. The molecule has 1 fully saturated rings. The molecule has 1 aromatic heterocycles. The van der Waals surface area contributed by atoms with Crippen LogP contribution in [0.5, 0.6) is 5.88 Å². The molecule has 2 unspecified atom stereocenters. The van der Waals surface area contributed by atoms with E-state index in [-0.39, 0.29) is 12.1 Å². The van der Waals surface area contributed by atoms with Crippen LogP contribution >= 0.6 is 0 Å². The molecule has 2 N–H and O–H groups in total. The Morgan fingerprint density at radius 2 is 2.39 bits per heavy atom. The molecular formula is C14H22N2O2. The van der Waals surface area contributed by atoms with E-state index >= 15 is 0 Å². The molecule has 0 saturated heterocycles. The van der Waals surface area contributed by atoms with Gasteiger partial charge >= 0.3 is 0 Å². The van der Waals surface area contributed by atoms with Crippen molar-refractivity contribution in [2.45, 2.75) is 38.1 Å². The van der Waals surface area contributed by atoms with E-state index in [1.807, 2.05) is 18.2 Å². The molecule has 18 heavy (non-hydrogen) atoms. The molecule has 0 radical (unpaired) electrons. The van der Waals surface area contributed by atoms with E-state index in [9.17, 15) is 5.11 Å². The molecule has 0 amide bonds. The van der Waals surface area contributed by atoms with Crippen LogP contribution in [-0.4, -0.2) is 29.3 Å². The van der Waals surface area contributed by atoms with Gasteiger partial charge < -0.3 is 15.2 Å². The molecule has 1 heterocycles. The maximum absolute atomic E-state index is 9.73. The van der Waals surface area contributed by atoms with Crippen molar-refractivity contribution in [2.24, 2.45) is 5.92 Å². The second kappa shape index (κ2) is 5.57. The van der Waals surface area contributed by atoms with Gasteiger partial charge in [0.1, 0.15) is 5.82 Å². The summed E-state index contributed by atoms with van der Waals surface area (Å²) in [5, 5.41) is 13.1. The topological polar surface area (TPSA) is 54.4 Å². The van der Waals surface area contributed by atoms with Crippen molar-refractivity contribution in [3.05, 3.63) is 18.2 Å². The Kier molecular flexibility index (Phi) is 4.07. The number of anilines is 1. The molecule has 2 atom stereocenters. The molecule has 0 bridgehead atoms. The number of methoxy groups -OCH3 is 1. The minimum absolute atomic E-state index is 0.149. The largest absolute Gasteiger partial charge is 0.481 e. The lowest BCUT2D eigenvalue weighted by Crippen LogP contribution is -2.46. The van der Waals surface area contributed by atoms with Crippen molar-refractivity contribution >= 4 is 5.82 Å². The Morgan fingerprint density at radius 1 is 1.56 bits per heavy atom. The van der Waals surface area contributed by atoms with Gasteiger partial charge in [0.15, 0.2) is 0 Å². The third-order valence-electron chi connectivity index (χ3n) is 3.72. The van der Waals surface area contributed by atoms with Gasteiger partial charge in [-0.2, -0.15) is 4.98 Å². The number of aromatic nitrogens is 1. The highest BCUT2D eigenvalue weighted by atomic mass is 16.5. The SMILES string of the molecule is COc1cccc(NC2(CO)CCCC(C)C2)n1. The number of aliphatic hydroxyl groups excluding tert-OH is 1. The van der Waals surface area contributed by atoms with Crippen molar-refractivity contribution < 1.29 is 9.84 Å². The van der Waals surface area contributed by atoms with Crippen LogP contribution in [0.25, 0.3) is 0 Å². The highest BCUT2D eigenvalue weighted by molar-refractivity contribution is 5.40. The van der Waals surface area contributed by atoms with Gasteiger partial charge in [0.25, 0.3) is 0 Å². The summed E-state index contributed by atoms with van der Waals surface area (Å²) in [5.41, 5.74) is -0.225. The Hall–Kier alpha value is -1.29. The van der Waals surface area contributed by atoms with Crippen molar-refractivity contribution in [3.63, 3.8) is 0 Å². The number of hydrogen-bond donors (Lipinski definition) is 2. The maximum Gasteiger partial charge on any atom is 0.214 e. The average molecular weight is 250 g/mol. The van der Waals surface area contributed by atoms with Crippen molar-refractivity contribution in [1.29, 1.82) is 0 Å². The van der Waals surface area contributed by atoms with Gasteiger partial charge in [0, 0.05) is 6.07 Å². The number of aliphatic hydroxyl groups is 1. The lowest BCUT2D eigenvalue weighted by molar-refractivity contribution is 0.149. The van der Waals surface area contributed by atoms with E-state index in [0.29, 0.717) is 11.8 Å². The summed E-state index contributed by atoms with van der Waals surface area (Å²) in [6.07, 6.45) is 4.38. The van der Waals surface area contributed by atoms with E-state index < -0.39 is 0 Å². The van der Waals surface area contributed by atoms with Crippen LogP contribution < -0.4 is 10.1 Å². The summed E-state index contributed by atoms with van der Waals surface area (Å²) in [5.74, 6) is 2.01. The van der Waals surface area contributed by atoms with Crippen molar-refractivity contribution in [2.75, 3.05) is 19.0 Å². The summed E-state index contributed by atoms with van der Waals surface area (Å²) in [7, 11) is 1.61. The van der Waals surface area contributed by atoms with Crippen molar-refractivity contribution in [3.8, 4) is 5.88 Å². The number of ether oxygens (including phenoxy) is 1. The summed E-state index contributed by atoms with van der Waals surface area (Å²) in [6, 6.07) is 5.64. The predicted molar refractivity (Wildman–Crippen MR) is 71.9 cm³/mol. The Morgan fingerprint density at radius 3 is 3.06 bits per heavy atom. The molecule has 1 aliphatic rings. The standard InChI is InChI=1S/C14H22N2O2/c1-11-5-4-8-14(9-11,10-17)16-12-6-3-7-13(15-12)18-2/h3,6-7,11,17H,4-5,8-10H2,1-2H3,(H,15,16). The molecule has 1 saturated carbocycles. The smallest absolute Gasteiger partial charge is 0.214 e. The van der Waals surface area contributed by atoms with Crippen LogP contribution in [0.2, 0.25) is 0 Å². The number of hydrogen-bond acceptors (Lipinski definition) is 4. The average Bonchev–Trinajstić information content (AvgIpc) is 2.39. The first-order valence-corrected chi connectivity index (χ1v) is 6.57. The fourth-order valence-corrected chi connectivity index (χ4v) is 2.83. The first-order chi connectivity index (χ1) is 8.67. The highest BCUT2D eigenvalue weighted by Gasteiger charge is 2.34. The Labute approximate surface area is 108 Å². The fourth-order valence-electron chi connectivity index (χ4n) is 2.83. The quantitative estimate of drug-likeness (QED) is 0.862. The third-order valence-corrected chi connectivity index (χ3v) is 3.72. The van der Waals surface area contributed by atoms with E-state index in [2.05, 4.69) is 17.2 Å². The zero-order valence-corrected chi connectivity index (χ0v) is 11.1. The molecule has 4 nitrogen and oxygen atoms in total. The molecule has 2 rings (SSSR count). The molecular weight excluding hydrogens is 228 g/mol. The van der Waals surface area contributed by atoms with Gasteiger partial charge in [-0.05, 0) is 24.8 Å². The summed E-state index contributed by atoms with van der Waals surface area (Å²) in [4.78, 5) is 4.36. The molecule has 4 heteroatoms. The van der Waals surface area contributed by atoms with Crippen LogP contribution in [0.4, 0.5) is 5.82 Å². The predicted octanol–water partition coefficient (Wildman–Crippen LogP) is 2.44. The maximum atomic E-state index is 9.73. The van der Waals surface area contributed by atoms with E-state index in [1.54, 1.807) is 7.11 Å². The summed E-state index contributed by atoms with van der Waals surface area (Å²) < 4.78 is 5.12. The fraction of sp³-hybridized carbons (Fsp3) is 0.643. The molecule has 0 aromatic carbocycles. The Bertz CT molecular complexity index is 397. The zero-order valence-electron chi connectivity index (χ0n) is 11.1. The van der Waals surface area contributed by atoms with Crippen LogP contribution in [-0.2, 0) is 0 Å². The lowest BCUT2D eigenvalue weighted by Gasteiger charge is -2.39. The van der Waals surface area contributed by atoms with Crippen LogP contribution in [0.15, 0.2) is 18.2 Å². The van der Waals surface area contributed by atoms with Gasteiger partial charge in [-0.15, -0.1) is 0 Å². The third kappa shape index (κ3) is 2.93. The first kappa shape index (κ1) is 13.1. The summed E-state index contributed by atoms with van der Waals surface area (Å²) in [6.45, 7) is 2.39.